The molecule has 2 aromatic heterocycles. The molecule has 0 unspecified atom stereocenters. The number of hydrogen-bond acceptors (Lipinski definition) is 3. The van der Waals surface area contributed by atoms with Crippen LogP contribution in [-0.2, 0) is 6.42 Å². The minimum atomic E-state index is 0.931. The molecule has 2 heterocycles. The van der Waals surface area contributed by atoms with Crippen LogP contribution >= 0.6 is 0 Å². The lowest BCUT2D eigenvalue weighted by molar-refractivity contribution is 0.853. The summed E-state index contributed by atoms with van der Waals surface area (Å²) >= 11 is 0. The first-order chi connectivity index (χ1) is 8.25. The number of rotatable bonds is 5. The molecule has 0 bridgehead atoms. The van der Waals surface area contributed by atoms with Gasteiger partial charge in [0.2, 0.25) is 0 Å². The lowest BCUT2D eigenvalue weighted by atomic mass is 10.1. The summed E-state index contributed by atoms with van der Waals surface area (Å²) in [5.74, 6) is 0.944. The van der Waals surface area contributed by atoms with Crippen LogP contribution < -0.4 is 5.32 Å². The van der Waals surface area contributed by atoms with Gasteiger partial charge in [-0.25, -0.2) is 4.98 Å². The van der Waals surface area contributed by atoms with Crippen molar-refractivity contribution in [2.24, 2.45) is 0 Å². The first-order valence-electron chi connectivity index (χ1n) is 5.91. The Kier molecular flexibility index (Phi) is 3.75. The van der Waals surface area contributed by atoms with Gasteiger partial charge in [0.25, 0.3) is 0 Å². The minimum Gasteiger partial charge on any atom is -0.370 e. The second-order valence-electron chi connectivity index (χ2n) is 4.27. The molecule has 0 aliphatic carbocycles. The molecule has 0 saturated heterocycles. The van der Waals surface area contributed by atoms with Crippen LogP contribution in [0.1, 0.15) is 23.2 Å². The number of H-pyrrole nitrogens is 1. The van der Waals surface area contributed by atoms with E-state index in [0.29, 0.717) is 0 Å². The van der Waals surface area contributed by atoms with E-state index in [0.717, 1.165) is 25.2 Å². The van der Waals surface area contributed by atoms with Crippen molar-refractivity contribution in [3.8, 4) is 0 Å². The molecule has 17 heavy (non-hydrogen) atoms. The third kappa shape index (κ3) is 3.31. The van der Waals surface area contributed by atoms with Gasteiger partial charge in [-0.15, -0.1) is 0 Å². The van der Waals surface area contributed by atoms with Gasteiger partial charge in [0.15, 0.2) is 0 Å². The maximum atomic E-state index is 4.30. The van der Waals surface area contributed by atoms with E-state index in [9.17, 15) is 0 Å². The molecule has 0 atom stereocenters. The molecule has 2 rings (SSSR count). The normalized spacial score (nSPS) is 10.5. The second-order valence-corrected chi connectivity index (χ2v) is 4.27. The predicted octanol–water partition coefficient (Wildman–Crippen LogP) is 2.47. The molecule has 2 aromatic rings. The molecule has 4 heteroatoms. The van der Waals surface area contributed by atoms with Crippen LogP contribution in [0.15, 0.2) is 24.5 Å². The van der Waals surface area contributed by atoms with Crippen molar-refractivity contribution in [2.45, 2.75) is 26.7 Å². The van der Waals surface area contributed by atoms with E-state index in [1.807, 2.05) is 25.4 Å². The summed E-state index contributed by atoms with van der Waals surface area (Å²) in [7, 11) is 0. The van der Waals surface area contributed by atoms with Crippen molar-refractivity contribution in [3.63, 3.8) is 0 Å². The Morgan fingerprint density at radius 3 is 2.76 bits per heavy atom. The molecule has 0 saturated carbocycles. The molecule has 4 nitrogen and oxygen atoms in total. The number of aryl methyl sites for hydroxylation is 3. The fraction of sp³-hybridized carbons (Fsp3) is 0.385. The van der Waals surface area contributed by atoms with Gasteiger partial charge in [0, 0.05) is 18.4 Å². The summed E-state index contributed by atoms with van der Waals surface area (Å²) in [6, 6.07) is 4.08. The van der Waals surface area contributed by atoms with E-state index in [-0.39, 0.29) is 0 Å². The van der Waals surface area contributed by atoms with Crippen molar-refractivity contribution in [2.75, 3.05) is 11.9 Å². The van der Waals surface area contributed by atoms with Gasteiger partial charge in [-0.3, -0.25) is 5.10 Å². The standard InChI is InChI=1S/C13H18N4/c1-10-5-6-13(15-8-10)14-7-3-4-12-9-16-17-11(12)2/h5-6,8-9H,3-4,7H2,1-2H3,(H,14,15)(H,16,17). The number of pyridine rings is 1. The highest BCUT2D eigenvalue weighted by Crippen LogP contribution is 2.07. The Morgan fingerprint density at radius 1 is 1.24 bits per heavy atom. The number of hydrogen-bond donors (Lipinski definition) is 2. The van der Waals surface area contributed by atoms with Gasteiger partial charge < -0.3 is 5.32 Å². The van der Waals surface area contributed by atoms with Crippen molar-refractivity contribution in [1.82, 2.24) is 15.2 Å². The Bertz CT molecular complexity index is 459. The van der Waals surface area contributed by atoms with Gasteiger partial charge in [0.05, 0.1) is 6.20 Å². The summed E-state index contributed by atoms with van der Waals surface area (Å²) in [5.41, 5.74) is 3.65. The maximum Gasteiger partial charge on any atom is 0.125 e. The highest BCUT2D eigenvalue weighted by molar-refractivity contribution is 5.35. The molecule has 0 amide bonds. The zero-order valence-electron chi connectivity index (χ0n) is 10.3. The first kappa shape index (κ1) is 11.6. The summed E-state index contributed by atoms with van der Waals surface area (Å²) in [6.45, 7) is 5.02. The lowest BCUT2D eigenvalue weighted by Gasteiger charge is -2.05. The zero-order chi connectivity index (χ0) is 12.1. The minimum absolute atomic E-state index is 0.931. The van der Waals surface area contributed by atoms with E-state index in [1.54, 1.807) is 0 Å². The SMILES string of the molecule is Cc1ccc(NCCCc2cn[nH]c2C)nc1. The van der Waals surface area contributed by atoms with E-state index < -0.39 is 0 Å². The number of nitrogens with zero attached hydrogens (tertiary/aromatic N) is 2. The van der Waals surface area contributed by atoms with Gasteiger partial charge in [-0.05, 0) is 43.9 Å². The van der Waals surface area contributed by atoms with E-state index in [2.05, 4.69) is 33.5 Å². The highest BCUT2D eigenvalue weighted by Gasteiger charge is 1.99. The average molecular weight is 230 g/mol. The van der Waals surface area contributed by atoms with E-state index in [4.69, 9.17) is 0 Å². The summed E-state index contributed by atoms with van der Waals surface area (Å²) in [6.07, 6.45) is 5.90. The molecule has 0 radical (unpaired) electrons. The maximum absolute atomic E-state index is 4.30. The van der Waals surface area contributed by atoms with Gasteiger partial charge in [-0.1, -0.05) is 6.07 Å². The van der Waals surface area contributed by atoms with Crippen LogP contribution in [0.4, 0.5) is 5.82 Å². The van der Waals surface area contributed by atoms with E-state index in [1.165, 1.54) is 16.8 Å². The first-order valence-corrected chi connectivity index (χ1v) is 5.91. The summed E-state index contributed by atoms with van der Waals surface area (Å²) < 4.78 is 0. The third-order valence-corrected chi connectivity index (χ3v) is 2.77. The number of aromatic amines is 1. The van der Waals surface area contributed by atoms with E-state index >= 15 is 0 Å². The monoisotopic (exact) mass is 230 g/mol. The quantitative estimate of drug-likeness (QED) is 0.776. The largest absolute Gasteiger partial charge is 0.370 e. The zero-order valence-corrected chi connectivity index (χ0v) is 10.3. The molecule has 0 aliphatic heterocycles. The molecule has 0 aliphatic rings. The molecule has 0 spiro atoms. The molecular weight excluding hydrogens is 212 g/mol. The van der Waals surface area contributed by atoms with Gasteiger partial charge in [0.1, 0.15) is 5.82 Å². The van der Waals surface area contributed by atoms with Crippen LogP contribution in [0.2, 0.25) is 0 Å². The van der Waals surface area contributed by atoms with Gasteiger partial charge in [-0.2, -0.15) is 5.10 Å². The molecule has 90 valence electrons. The van der Waals surface area contributed by atoms with Crippen molar-refractivity contribution < 1.29 is 0 Å². The van der Waals surface area contributed by atoms with Crippen LogP contribution in [0, 0.1) is 13.8 Å². The smallest absolute Gasteiger partial charge is 0.125 e. The second kappa shape index (κ2) is 5.48. The number of nitrogens with one attached hydrogen (secondary N) is 2. The van der Waals surface area contributed by atoms with Gasteiger partial charge >= 0.3 is 0 Å². The Morgan fingerprint density at radius 2 is 2.12 bits per heavy atom. The van der Waals surface area contributed by atoms with Crippen molar-refractivity contribution >= 4 is 5.82 Å². The van der Waals surface area contributed by atoms with Crippen LogP contribution in [0.25, 0.3) is 0 Å². The topological polar surface area (TPSA) is 53.6 Å². The predicted molar refractivity (Wildman–Crippen MR) is 69.1 cm³/mol. The Labute approximate surface area is 101 Å². The Balaban J connectivity index is 1.73. The van der Waals surface area contributed by atoms with Crippen molar-refractivity contribution in [3.05, 3.63) is 41.3 Å². The van der Waals surface area contributed by atoms with Crippen LogP contribution in [-0.4, -0.2) is 21.7 Å². The highest BCUT2D eigenvalue weighted by atomic mass is 15.1. The fourth-order valence-electron chi connectivity index (χ4n) is 1.70. The third-order valence-electron chi connectivity index (χ3n) is 2.77. The molecule has 0 aromatic carbocycles. The number of aromatic nitrogens is 3. The molecular formula is C13H18N4. The van der Waals surface area contributed by atoms with Crippen molar-refractivity contribution in [1.29, 1.82) is 0 Å². The van der Waals surface area contributed by atoms with Crippen LogP contribution in [0.3, 0.4) is 0 Å². The lowest BCUT2D eigenvalue weighted by Crippen LogP contribution is -2.04. The summed E-state index contributed by atoms with van der Waals surface area (Å²) in [5, 5.41) is 10.3. The average Bonchev–Trinajstić information content (AvgIpc) is 2.73. The Hall–Kier alpha value is -1.84. The molecule has 0 fully saturated rings. The van der Waals surface area contributed by atoms with Crippen LogP contribution in [0.5, 0.6) is 0 Å². The molecule has 2 N–H and O–H groups in total. The number of anilines is 1. The fourth-order valence-corrected chi connectivity index (χ4v) is 1.70. The summed E-state index contributed by atoms with van der Waals surface area (Å²) in [4.78, 5) is 4.30.